The lowest BCUT2D eigenvalue weighted by Crippen LogP contribution is -2.39. The molecule has 1 rings (SSSR count). The number of unbranched alkanes of at least 4 members (excludes halogenated alkanes) is 3. The minimum atomic E-state index is 0.267. The Labute approximate surface area is 114 Å². The second-order valence-corrected chi connectivity index (χ2v) is 5.99. The van der Waals surface area contributed by atoms with Crippen LogP contribution in [0.25, 0.3) is 0 Å². The van der Waals surface area contributed by atoms with Crippen molar-refractivity contribution in [2.24, 2.45) is 5.73 Å². The molecule has 2 heteroatoms. The van der Waals surface area contributed by atoms with Crippen LogP contribution < -0.4 is 5.73 Å². The first-order chi connectivity index (χ1) is 8.74. The smallest absolute Gasteiger partial charge is 0.0729 e. The third-order valence-electron chi connectivity index (χ3n) is 4.12. The summed E-state index contributed by atoms with van der Waals surface area (Å²) < 4.78 is 6.19. The van der Waals surface area contributed by atoms with Crippen LogP contribution in [0.4, 0.5) is 0 Å². The topological polar surface area (TPSA) is 35.2 Å². The summed E-state index contributed by atoms with van der Waals surface area (Å²) in [5.41, 5.74) is 6.25. The van der Waals surface area contributed by atoms with Crippen molar-refractivity contribution >= 4 is 0 Å². The molecule has 1 aliphatic rings. The molecule has 1 aliphatic carbocycles. The van der Waals surface area contributed by atoms with E-state index in [0.29, 0.717) is 12.2 Å². The minimum Gasteiger partial charge on any atom is -0.374 e. The average molecular weight is 255 g/mol. The zero-order chi connectivity index (χ0) is 13.2. The van der Waals surface area contributed by atoms with Gasteiger partial charge in [0.05, 0.1) is 12.2 Å². The molecule has 3 unspecified atom stereocenters. The fourth-order valence-corrected chi connectivity index (χ4v) is 2.87. The van der Waals surface area contributed by atoms with Crippen LogP contribution >= 0.6 is 0 Å². The average Bonchev–Trinajstić information content (AvgIpc) is 2.34. The molecule has 18 heavy (non-hydrogen) atoms. The van der Waals surface area contributed by atoms with Gasteiger partial charge in [0.1, 0.15) is 0 Å². The van der Waals surface area contributed by atoms with E-state index in [0.717, 1.165) is 6.42 Å². The Morgan fingerprint density at radius 2 is 1.78 bits per heavy atom. The van der Waals surface area contributed by atoms with Crippen molar-refractivity contribution in [3.05, 3.63) is 0 Å². The zero-order valence-corrected chi connectivity index (χ0v) is 12.5. The molecule has 1 fully saturated rings. The fraction of sp³-hybridized carbons (Fsp3) is 1.00. The highest BCUT2D eigenvalue weighted by atomic mass is 16.5. The van der Waals surface area contributed by atoms with Crippen LogP contribution in [0.15, 0.2) is 0 Å². The second-order valence-electron chi connectivity index (χ2n) is 5.99. The summed E-state index contributed by atoms with van der Waals surface area (Å²) in [4.78, 5) is 0. The van der Waals surface area contributed by atoms with E-state index in [9.17, 15) is 0 Å². The lowest BCUT2D eigenvalue weighted by Gasteiger charge is -2.29. The Balaban J connectivity index is 2.20. The summed E-state index contributed by atoms with van der Waals surface area (Å²) in [5, 5.41) is 0. The van der Waals surface area contributed by atoms with Gasteiger partial charge in [-0.15, -0.1) is 0 Å². The molecule has 0 amide bonds. The standard InChI is InChI=1S/C16H33NO/c1-3-4-5-8-11-14(2)18-16-13-10-7-6-9-12-15(16)17/h14-16H,3-13,17H2,1-2H3. The predicted octanol–water partition coefficient (Wildman–Crippen LogP) is 4.41. The number of rotatable bonds is 7. The molecular weight excluding hydrogens is 222 g/mol. The molecule has 108 valence electrons. The largest absolute Gasteiger partial charge is 0.374 e. The summed E-state index contributed by atoms with van der Waals surface area (Å²) in [6.45, 7) is 4.48. The molecule has 0 aromatic heterocycles. The van der Waals surface area contributed by atoms with E-state index in [-0.39, 0.29) is 6.04 Å². The zero-order valence-electron chi connectivity index (χ0n) is 12.5. The molecule has 2 N–H and O–H groups in total. The van der Waals surface area contributed by atoms with Crippen molar-refractivity contribution in [3.8, 4) is 0 Å². The highest BCUT2D eigenvalue weighted by Gasteiger charge is 2.21. The summed E-state index contributed by atoms with van der Waals surface area (Å²) in [5.74, 6) is 0. The van der Waals surface area contributed by atoms with Crippen molar-refractivity contribution in [1.82, 2.24) is 0 Å². The van der Waals surface area contributed by atoms with E-state index in [1.54, 1.807) is 0 Å². The van der Waals surface area contributed by atoms with Gasteiger partial charge in [-0.25, -0.2) is 0 Å². The quantitative estimate of drug-likeness (QED) is 0.684. The van der Waals surface area contributed by atoms with Crippen LogP contribution in [0.2, 0.25) is 0 Å². The summed E-state index contributed by atoms with van der Waals surface area (Å²) in [6, 6.07) is 0.267. The molecular formula is C16H33NO. The van der Waals surface area contributed by atoms with E-state index < -0.39 is 0 Å². The van der Waals surface area contributed by atoms with Gasteiger partial charge in [-0.1, -0.05) is 58.3 Å². The van der Waals surface area contributed by atoms with Crippen molar-refractivity contribution in [2.75, 3.05) is 0 Å². The highest BCUT2D eigenvalue weighted by molar-refractivity contribution is 4.77. The van der Waals surface area contributed by atoms with Gasteiger partial charge in [-0.2, -0.15) is 0 Å². The molecule has 0 heterocycles. The van der Waals surface area contributed by atoms with Gasteiger partial charge >= 0.3 is 0 Å². The third kappa shape index (κ3) is 6.75. The van der Waals surface area contributed by atoms with Gasteiger partial charge in [-0.05, 0) is 26.2 Å². The first kappa shape index (κ1) is 16.0. The van der Waals surface area contributed by atoms with Crippen molar-refractivity contribution in [1.29, 1.82) is 0 Å². The van der Waals surface area contributed by atoms with Crippen molar-refractivity contribution in [3.63, 3.8) is 0 Å². The lowest BCUT2D eigenvalue weighted by atomic mass is 9.94. The van der Waals surface area contributed by atoms with Crippen LogP contribution in [0, 0.1) is 0 Å². The van der Waals surface area contributed by atoms with Crippen LogP contribution in [0.1, 0.15) is 84.5 Å². The van der Waals surface area contributed by atoms with Crippen LogP contribution in [0.5, 0.6) is 0 Å². The second kappa shape index (κ2) is 9.80. The number of hydrogen-bond donors (Lipinski definition) is 1. The van der Waals surface area contributed by atoms with E-state index in [1.807, 2.05) is 0 Å². The summed E-state index contributed by atoms with van der Waals surface area (Å²) in [7, 11) is 0. The van der Waals surface area contributed by atoms with E-state index in [1.165, 1.54) is 64.2 Å². The Bertz CT molecular complexity index is 196. The molecule has 0 radical (unpaired) electrons. The minimum absolute atomic E-state index is 0.267. The molecule has 0 aromatic carbocycles. The third-order valence-corrected chi connectivity index (χ3v) is 4.12. The normalized spacial score (nSPS) is 27.5. The monoisotopic (exact) mass is 255 g/mol. The number of nitrogens with two attached hydrogens (primary N) is 1. The Morgan fingerprint density at radius 1 is 1.06 bits per heavy atom. The first-order valence-electron chi connectivity index (χ1n) is 8.15. The predicted molar refractivity (Wildman–Crippen MR) is 78.8 cm³/mol. The molecule has 0 aliphatic heterocycles. The molecule has 0 saturated heterocycles. The van der Waals surface area contributed by atoms with Gasteiger partial charge in [0.25, 0.3) is 0 Å². The van der Waals surface area contributed by atoms with Crippen LogP contribution in [-0.4, -0.2) is 18.2 Å². The molecule has 3 atom stereocenters. The van der Waals surface area contributed by atoms with Crippen LogP contribution in [-0.2, 0) is 4.74 Å². The Morgan fingerprint density at radius 3 is 2.50 bits per heavy atom. The van der Waals surface area contributed by atoms with Crippen molar-refractivity contribution < 1.29 is 4.74 Å². The fourth-order valence-electron chi connectivity index (χ4n) is 2.87. The van der Waals surface area contributed by atoms with E-state index >= 15 is 0 Å². The molecule has 2 nitrogen and oxygen atoms in total. The van der Waals surface area contributed by atoms with Gasteiger partial charge in [0.15, 0.2) is 0 Å². The van der Waals surface area contributed by atoms with E-state index in [4.69, 9.17) is 10.5 Å². The van der Waals surface area contributed by atoms with Gasteiger partial charge in [0, 0.05) is 6.04 Å². The highest BCUT2D eigenvalue weighted by Crippen LogP contribution is 2.21. The Kier molecular flexibility index (Phi) is 8.70. The van der Waals surface area contributed by atoms with Crippen molar-refractivity contribution in [2.45, 2.75) is 103 Å². The molecule has 1 saturated carbocycles. The summed E-state index contributed by atoms with van der Waals surface area (Å²) in [6.07, 6.45) is 14.8. The first-order valence-corrected chi connectivity index (χ1v) is 8.15. The SMILES string of the molecule is CCCCCCC(C)OC1CCCCCCC1N. The van der Waals surface area contributed by atoms with Gasteiger partial charge < -0.3 is 10.5 Å². The molecule has 0 aromatic rings. The maximum absolute atomic E-state index is 6.25. The van der Waals surface area contributed by atoms with E-state index in [2.05, 4.69) is 13.8 Å². The Hall–Kier alpha value is -0.0800. The summed E-state index contributed by atoms with van der Waals surface area (Å²) >= 11 is 0. The number of hydrogen-bond acceptors (Lipinski definition) is 2. The molecule has 0 bridgehead atoms. The maximum Gasteiger partial charge on any atom is 0.0729 e. The maximum atomic E-state index is 6.25. The van der Waals surface area contributed by atoms with Gasteiger partial charge in [-0.3, -0.25) is 0 Å². The van der Waals surface area contributed by atoms with Gasteiger partial charge in [0.2, 0.25) is 0 Å². The van der Waals surface area contributed by atoms with Crippen LogP contribution in [0.3, 0.4) is 0 Å². The lowest BCUT2D eigenvalue weighted by molar-refractivity contribution is -0.0293. The molecule has 0 spiro atoms. The number of ether oxygens (including phenoxy) is 1.